The van der Waals surface area contributed by atoms with Crippen molar-refractivity contribution in [2.45, 2.75) is 0 Å². The maximum Gasteiger partial charge on any atom is 0.319 e. The number of aromatic nitrogens is 1. The Morgan fingerprint density at radius 1 is 1.69 bits per heavy atom. The molecule has 0 aromatic carbocycles. The van der Waals surface area contributed by atoms with E-state index in [0.29, 0.717) is 24.6 Å². The summed E-state index contributed by atoms with van der Waals surface area (Å²) in [5.74, 6) is 0.653. The van der Waals surface area contributed by atoms with E-state index >= 15 is 0 Å². The Kier molecular flexibility index (Phi) is 1.77. The molecule has 0 atom stereocenters. The topological polar surface area (TPSA) is 68.5 Å². The van der Waals surface area contributed by atoms with Gasteiger partial charge in [-0.2, -0.15) is 0 Å². The highest BCUT2D eigenvalue weighted by atomic mass is 16.5. The zero-order valence-electron chi connectivity index (χ0n) is 6.93. The Labute approximate surface area is 75.1 Å². The largest absolute Gasteiger partial charge is 0.489 e. The molecule has 1 aromatic rings. The van der Waals surface area contributed by atoms with Gasteiger partial charge in [-0.1, -0.05) is 0 Å². The highest BCUT2D eigenvalue weighted by Crippen LogP contribution is 2.29. The van der Waals surface area contributed by atoms with E-state index in [1.54, 1.807) is 18.5 Å². The quantitative estimate of drug-likeness (QED) is 0.625. The van der Waals surface area contributed by atoms with Crippen molar-refractivity contribution >= 4 is 11.7 Å². The van der Waals surface area contributed by atoms with Crippen LogP contribution in [0.5, 0.6) is 5.75 Å². The fourth-order valence-corrected chi connectivity index (χ4v) is 1.29. The lowest BCUT2D eigenvalue weighted by Crippen LogP contribution is -2.41. The van der Waals surface area contributed by atoms with Crippen molar-refractivity contribution in [1.29, 1.82) is 0 Å². The first-order chi connectivity index (χ1) is 6.29. The summed E-state index contributed by atoms with van der Waals surface area (Å²) in [6.45, 7) is 0.952. The number of hydrogen-bond acceptors (Lipinski definition) is 3. The van der Waals surface area contributed by atoms with Gasteiger partial charge < -0.3 is 10.5 Å². The number of amides is 2. The molecule has 0 fully saturated rings. The lowest BCUT2D eigenvalue weighted by molar-refractivity contribution is 0.247. The van der Waals surface area contributed by atoms with Crippen molar-refractivity contribution in [2.75, 3.05) is 18.1 Å². The van der Waals surface area contributed by atoms with Crippen LogP contribution < -0.4 is 15.4 Å². The fraction of sp³-hybridized carbons (Fsp3) is 0.250. The van der Waals surface area contributed by atoms with E-state index in [1.807, 2.05) is 0 Å². The van der Waals surface area contributed by atoms with Crippen molar-refractivity contribution in [3.63, 3.8) is 0 Å². The van der Waals surface area contributed by atoms with Gasteiger partial charge in [-0.15, -0.1) is 0 Å². The Hall–Kier alpha value is -1.78. The molecule has 5 nitrogen and oxygen atoms in total. The molecule has 0 bridgehead atoms. The van der Waals surface area contributed by atoms with Crippen LogP contribution in [-0.4, -0.2) is 24.2 Å². The molecule has 0 spiro atoms. The minimum Gasteiger partial charge on any atom is -0.489 e. The van der Waals surface area contributed by atoms with E-state index in [4.69, 9.17) is 10.5 Å². The molecular weight excluding hydrogens is 170 g/mol. The van der Waals surface area contributed by atoms with E-state index < -0.39 is 6.03 Å². The van der Waals surface area contributed by atoms with Crippen LogP contribution in [0.4, 0.5) is 10.5 Å². The van der Waals surface area contributed by atoms with Crippen molar-refractivity contribution in [3.8, 4) is 5.75 Å². The first kappa shape index (κ1) is 7.85. The smallest absolute Gasteiger partial charge is 0.319 e. The number of pyridine rings is 1. The molecule has 2 N–H and O–H groups in total. The molecule has 68 valence electrons. The van der Waals surface area contributed by atoms with Crippen LogP contribution >= 0.6 is 0 Å². The first-order valence-corrected chi connectivity index (χ1v) is 3.93. The third kappa shape index (κ3) is 1.28. The Morgan fingerprint density at radius 3 is 3.31 bits per heavy atom. The molecule has 1 aliphatic heterocycles. The summed E-state index contributed by atoms with van der Waals surface area (Å²) in [4.78, 5) is 16.3. The van der Waals surface area contributed by atoms with Crippen LogP contribution in [0.25, 0.3) is 0 Å². The van der Waals surface area contributed by atoms with Gasteiger partial charge in [0, 0.05) is 12.3 Å². The number of urea groups is 1. The summed E-state index contributed by atoms with van der Waals surface area (Å²) in [6.07, 6.45) is 3.18. The summed E-state index contributed by atoms with van der Waals surface area (Å²) in [6, 6.07) is 1.24. The van der Waals surface area contributed by atoms with Gasteiger partial charge in [-0.05, 0) is 0 Å². The van der Waals surface area contributed by atoms with Gasteiger partial charge in [0.15, 0.2) is 0 Å². The van der Waals surface area contributed by atoms with Crippen molar-refractivity contribution < 1.29 is 9.53 Å². The number of nitrogens with zero attached hydrogens (tertiary/aromatic N) is 2. The number of fused-ring (bicyclic) bond motifs is 1. The van der Waals surface area contributed by atoms with Gasteiger partial charge in [-0.3, -0.25) is 9.88 Å². The SMILES string of the molecule is NC(=O)N1CCOc2ccncc21. The van der Waals surface area contributed by atoms with E-state index in [1.165, 1.54) is 4.90 Å². The summed E-state index contributed by atoms with van der Waals surface area (Å²) < 4.78 is 5.31. The van der Waals surface area contributed by atoms with Gasteiger partial charge in [-0.25, -0.2) is 4.79 Å². The minimum atomic E-state index is -0.474. The van der Waals surface area contributed by atoms with Crippen LogP contribution in [0.2, 0.25) is 0 Å². The monoisotopic (exact) mass is 179 g/mol. The second-order valence-corrected chi connectivity index (χ2v) is 2.68. The predicted octanol–water partition coefficient (Wildman–Crippen LogP) is 0.359. The molecule has 2 heterocycles. The van der Waals surface area contributed by atoms with Crippen LogP contribution in [0.1, 0.15) is 0 Å². The van der Waals surface area contributed by atoms with Gasteiger partial charge >= 0.3 is 6.03 Å². The van der Waals surface area contributed by atoms with Gasteiger partial charge in [0.25, 0.3) is 0 Å². The average Bonchev–Trinajstić information content (AvgIpc) is 2.17. The molecule has 1 aromatic heterocycles. The van der Waals surface area contributed by atoms with E-state index in [-0.39, 0.29) is 0 Å². The van der Waals surface area contributed by atoms with Crippen LogP contribution in [0, 0.1) is 0 Å². The lowest BCUT2D eigenvalue weighted by atomic mass is 10.3. The summed E-state index contributed by atoms with van der Waals surface area (Å²) in [5, 5.41) is 0. The Morgan fingerprint density at radius 2 is 2.54 bits per heavy atom. The Bertz CT molecular complexity index is 340. The number of hydrogen-bond donors (Lipinski definition) is 1. The van der Waals surface area contributed by atoms with Gasteiger partial charge in [0.1, 0.15) is 18.0 Å². The molecule has 0 radical (unpaired) electrons. The standard InChI is InChI=1S/C8H9N3O2/c9-8(12)11-3-4-13-7-1-2-10-5-6(7)11/h1-2,5H,3-4H2,(H2,9,12). The number of carbonyl (C=O) groups is 1. The molecule has 2 amide bonds. The second kappa shape index (κ2) is 2.93. The molecule has 2 rings (SSSR count). The van der Waals surface area contributed by atoms with E-state index in [9.17, 15) is 4.79 Å². The highest BCUT2D eigenvalue weighted by Gasteiger charge is 2.21. The first-order valence-electron chi connectivity index (χ1n) is 3.93. The van der Waals surface area contributed by atoms with Crippen molar-refractivity contribution in [1.82, 2.24) is 4.98 Å². The normalized spacial score (nSPS) is 14.6. The molecule has 1 aliphatic rings. The van der Waals surface area contributed by atoms with Crippen molar-refractivity contribution in [3.05, 3.63) is 18.5 Å². The molecule has 13 heavy (non-hydrogen) atoms. The number of nitrogens with two attached hydrogens (primary N) is 1. The molecule has 0 unspecified atom stereocenters. The number of anilines is 1. The van der Waals surface area contributed by atoms with Crippen LogP contribution in [0.15, 0.2) is 18.5 Å². The summed E-state index contributed by atoms with van der Waals surface area (Å²) in [5.41, 5.74) is 5.83. The van der Waals surface area contributed by atoms with Crippen LogP contribution in [0.3, 0.4) is 0 Å². The van der Waals surface area contributed by atoms with Gasteiger partial charge in [0.05, 0.1) is 12.7 Å². The molecule has 5 heteroatoms. The van der Waals surface area contributed by atoms with E-state index in [0.717, 1.165) is 0 Å². The van der Waals surface area contributed by atoms with Gasteiger partial charge in [0.2, 0.25) is 0 Å². The highest BCUT2D eigenvalue weighted by molar-refractivity contribution is 5.92. The zero-order valence-corrected chi connectivity index (χ0v) is 6.93. The van der Waals surface area contributed by atoms with Crippen LogP contribution in [-0.2, 0) is 0 Å². The third-order valence-corrected chi connectivity index (χ3v) is 1.89. The average molecular weight is 179 g/mol. The maximum absolute atomic E-state index is 11.0. The predicted molar refractivity (Wildman–Crippen MR) is 46.7 cm³/mol. The molecular formula is C8H9N3O2. The molecule has 0 saturated heterocycles. The maximum atomic E-state index is 11.0. The second-order valence-electron chi connectivity index (χ2n) is 2.68. The number of rotatable bonds is 0. The van der Waals surface area contributed by atoms with Crippen molar-refractivity contribution in [2.24, 2.45) is 5.73 Å². The lowest BCUT2D eigenvalue weighted by Gasteiger charge is -2.27. The fourth-order valence-electron chi connectivity index (χ4n) is 1.29. The Balaban J connectivity index is 2.42. The summed E-state index contributed by atoms with van der Waals surface area (Å²) in [7, 11) is 0. The number of ether oxygens (including phenoxy) is 1. The molecule has 0 aliphatic carbocycles. The third-order valence-electron chi connectivity index (χ3n) is 1.89. The summed E-state index contributed by atoms with van der Waals surface area (Å²) >= 11 is 0. The number of carbonyl (C=O) groups excluding carboxylic acids is 1. The molecule has 0 saturated carbocycles. The zero-order chi connectivity index (χ0) is 9.26. The van der Waals surface area contributed by atoms with E-state index in [2.05, 4.69) is 4.98 Å². The number of primary amides is 1. The minimum absolute atomic E-state index is 0.472.